The lowest BCUT2D eigenvalue weighted by Crippen LogP contribution is -2.55. The van der Waals surface area contributed by atoms with E-state index in [1.54, 1.807) is 0 Å². The minimum Gasteiger partial charge on any atom is -0.377 e. The molecule has 0 aromatic heterocycles. The van der Waals surface area contributed by atoms with Crippen molar-refractivity contribution in [1.82, 2.24) is 4.90 Å². The summed E-state index contributed by atoms with van der Waals surface area (Å²) in [4.78, 5) is 23.6. The molecule has 13 heavy (non-hydrogen) atoms. The number of morpholine rings is 1. The van der Waals surface area contributed by atoms with E-state index in [0.29, 0.717) is 13.2 Å². The normalized spacial score (nSPS) is 22.8. The van der Waals surface area contributed by atoms with Crippen molar-refractivity contribution in [3.05, 3.63) is 0 Å². The molecule has 0 saturated carbocycles. The summed E-state index contributed by atoms with van der Waals surface area (Å²) in [6.45, 7) is 1.05. The first kappa shape index (κ1) is 10.3. The van der Waals surface area contributed by atoms with Gasteiger partial charge in [-0.2, -0.15) is 12.6 Å². The van der Waals surface area contributed by atoms with Gasteiger partial charge in [0.15, 0.2) is 0 Å². The Hall–Kier alpha value is -0.750. The monoisotopic (exact) mass is 204 g/mol. The van der Waals surface area contributed by atoms with Crippen molar-refractivity contribution in [2.45, 2.75) is 6.04 Å². The Balaban J connectivity index is 2.67. The van der Waals surface area contributed by atoms with Crippen molar-refractivity contribution in [2.24, 2.45) is 5.73 Å². The van der Waals surface area contributed by atoms with Gasteiger partial charge in [-0.15, -0.1) is 0 Å². The summed E-state index contributed by atoms with van der Waals surface area (Å²) in [6, 6.07) is -0.631. The molecule has 0 aliphatic carbocycles. The average Bonchev–Trinajstić information content (AvgIpc) is 2.16. The highest BCUT2D eigenvalue weighted by atomic mass is 32.1. The number of nitrogens with zero attached hydrogens (tertiary/aromatic N) is 1. The van der Waals surface area contributed by atoms with Crippen LogP contribution < -0.4 is 5.73 Å². The van der Waals surface area contributed by atoms with Crippen LogP contribution in [0.15, 0.2) is 0 Å². The van der Waals surface area contributed by atoms with Gasteiger partial charge in [0.05, 0.1) is 19.0 Å². The Kier molecular flexibility index (Phi) is 3.56. The Morgan fingerprint density at radius 1 is 1.62 bits per heavy atom. The van der Waals surface area contributed by atoms with Gasteiger partial charge in [-0.1, -0.05) is 0 Å². The highest BCUT2D eigenvalue weighted by Crippen LogP contribution is 2.07. The number of amides is 2. The van der Waals surface area contributed by atoms with E-state index in [4.69, 9.17) is 10.5 Å². The van der Waals surface area contributed by atoms with Crippen molar-refractivity contribution in [3.8, 4) is 0 Å². The highest BCUT2D eigenvalue weighted by Gasteiger charge is 2.30. The van der Waals surface area contributed by atoms with Crippen molar-refractivity contribution < 1.29 is 14.3 Å². The van der Waals surface area contributed by atoms with Gasteiger partial charge < -0.3 is 15.4 Å². The Morgan fingerprint density at radius 3 is 2.85 bits per heavy atom. The molecule has 1 fully saturated rings. The van der Waals surface area contributed by atoms with E-state index >= 15 is 0 Å². The molecule has 0 radical (unpaired) electrons. The second kappa shape index (κ2) is 4.48. The maximum absolute atomic E-state index is 11.3. The molecule has 1 heterocycles. The predicted molar refractivity (Wildman–Crippen MR) is 49.4 cm³/mol. The quantitative estimate of drug-likeness (QED) is 0.545. The van der Waals surface area contributed by atoms with Crippen molar-refractivity contribution in [1.29, 1.82) is 0 Å². The number of hydrogen-bond acceptors (Lipinski definition) is 4. The van der Waals surface area contributed by atoms with Crippen LogP contribution in [0.3, 0.4) is 0 Å². The summed E-state index contributed by atoms with van der Waals surface area (Å²) in [5.74, 6) is -0.630. The zero-order valence-corrected chi connectivity index (χ0v) is 8.00. The lowest BCUT2D eigenvalue weighted by molar-refractivity contribution is -0.145. The molecule has 1 rings (SSSR count). The van der Waals surface area contributed by atoms with E-state index in [1.165, 1.54) is 4.90 Å². The third kappa shape index (κ3) is 2.35. The summed E-state index contributed by atoms with van der Waals surface area (Å²) in [5.41, 5.74) is 5.11. The van der Waals surface area contributed by atoms with Gasteiger partial charge in [0.25, 0.3) is 0 Å². The second-order valence-electron chi connectivity index (χ2n) is 2.74. The number of nitrogens with two attached hydrogens (primary N) is 1. The molecule has 0 aromatic carbocycles. The van der Waals surface area contributed by atoms with Crippen molar-refractivity contribution in [3.63, 3.8) is 0 Å². The van der Waals surface area contributed by atoms with Crippen LogP contribution in [0.5, 0.6) is 0 Å². The SMILES string of the molecule is NC(=O)C1COCCN1C(=O)CS. The Morgan fingerprint density at radius 2 is 2.31 bits per heavy atom. The Bertz CT molecular complexity index is 222. The van der Waals surface area contributed by atoms with Crippen LogP contribution in [-0.2, 0) is 14.3 Å². The van der Waals surface area contributed by atoms with E-state index in [0.717, 1.165) is 0 Å². The van der Waals surface area contributed by atoms with Crippen LogP contribution in [-0.4, -0.2) is 48.3 Å². The van der Waals surface area contributed by atoms with E-state index in [2.05, 4.69) is 12.6 Å². The lowest BCUT2D eigenvalue weighted by atomic mass is 10.2. The molecule has 0 spiro atoms. The maximum Gasteiger partial charge on any atom is 0.242 e. The van der Waals surface area contributed by atoms with Gasteiger partial charge in [0.1, 0.15) is 6.04 Å². The fraction of sp³-hybridized carbons (Fsp3) is 0.714. The first-order valence-corrected chi connectivity index (χ1v) is 4.57. The van der Waals surface area contributed by atoms with E-state index in [1.807, 2.05) is 0 Å². The molecule has 0 aromatic rings. The van der Waals surface area contributed by atoms with Crippen LogP contribution in [0, 0.1) is 0 Å². The number of carbonyl (C=O) groups is 2. The molecule has 6 heteroatoms. The van der Waals surface area contributed by atoms with Crippen molar-refractivity contribution in [2.75, 3.05) is 25.5 Å². The average molecular weight is 204 g/mol. The van der Waals surface area contributed by atoms with Crippen LogP contribution >= 0.6 is 12.6 Å². The zero-order chi connectivity index (χ0) is 9.84. The fourth-order valence-corrected chi connectivity index (χ4v) is 1.41. The number of thiol groups is 1. The summed E-state index contributed by atoms with van der Waals surface area (Å²) < 4.78 is 5.05. The highest BCUT2D eigenvalue weighted by molar-refractivity contribution is 7.81. The number of hydrogen-bond donors (Lipinski definition) is 2. The fourth-order valence-electron chi connectivity index (χ4n) is 1.23. The van der Waals surface area contributed by atoms with Gasteiger partial charge in [-0.25, -0.2) is 0 Å². The van der Waals surface area contributed by atoms with E-state index < -0.39 is 11.9 Å². The topological polar surface area (TPSA) is 72.6 Å². The minimum atomic E-state index is -0.631. The summed E-state index contributed by atoms with van der Waals surface area (Å²) in [5, 5.41) is 0. The van der Waals surface area contributed by atoms with Crippen LogP contribution in [0.4, 0.5) is 0 Å². The molecule has 1 unspecified atom stereocenters. The summed E-state index contributed by atoms with van der Waals surface area (Å²) >= 11 is 3.85. The number of carbonyl (C=O) groups excluding carboxylic acids is 2. The number of rotatable bonds is 2. The van der Waals surface area contributed by atoms with Gasteiger partial charge in [0, 0.05) is 6.54 Å². The third-order valence-electron chi connectivity index (χ3n) is 1.91. The lowest BCUT2D eigenvalue weighted by Gasteiger charge is -2.33. The summed E-state index contributed by atoms with van der Waals surface area (Å²) in [7, 11) is 0. The molecule has 1 aliphatic heterocycles. The first-order valence-electron chi connectivity index (χ1n) is 3.94. The molecule has 2 N–H and O–H groups in total. The minimum absolute atomic E-state index is 0.0871. The molecule has 1 saturated heterocycles. The van der Waals surface area contributed by atoms with Crippen LogP contribution in [0.2, 0.25) is 0 Å². The van der Waals surface area contributed by atoms with Gasteiger partial charge in [-0.05, 0) is 0 Å². The molecular formula is C7H12N2O3S. The second-order valence-corrected chi connectivity index (χ2v) is 3.05. The molecule has 1 aliphatic rings. The molecular weight excluding hydrogens is 192 g/mol. The van der Waals surface area contributed by atoms with Crippen LogP contribution in [0.25, 0.3) is 0 Å². The van der Waals surface area contributed by atoms with Crippen molar-refractivity contribution >= 4 is 24.4 Å². The van der Waals surface area contributed by atoms with E-state index in [-0.39, 0.29) is 18.3 Å². The number of primary amides is 1. The largest absolute Gasteiger partial charge is 0.377 e. The predicted octanol–water partition coefficient (Wildman–Crippen LogP) is -1.37. The van der Waals surface area contributed by atoms with Gasteiger partial charge in [-0.3, -0.25) is 9.59 Å². The first-order chi connectivity index (χ1) is 6.16. The maximum atomic E-state index is 11.3. The standard InChI is InChI=1S/C7H12N2O3S/c8-7(11)5-3-12-2-1-9(5)6(10)4-13/h5,13H,1-4H2,(H2,8,11). The molecule has 2 amide bonds. The molecule has 0 bridgehead atoms. The zero-order valence-electron chi connectivity index (χ0n) is 7.10. The van der Waals surface area contributed by atoms with E-state index in [9.17, 15) is 9.59 Å². The van der Waals surface area contributed by atoms with Gasteiger partial charge in [0.2, 0.25) is 11.8 Å². The number of ether oxygens (including phenoxy) is 1. The third-order valence-corrected chi connectivity index (χ3v) is 2.18. The molecule has 1 atom stereocenters. The Labute approximate surface area is 81.6 Å². The molecule has 74 valence electrons. The molecule has 5 nitrogen and oxygen atoms in total. The van der Waals surface area contributed by atoms with Crippen LogP contribution in [0.1, 0.15) is 0 Å². The van der Waals surface area contributed by atoms with Gasteiger partial charge >= 0.3 is 0 Å². The smallest absolute Gasteiger partial charge is 0.242 e. The summed E-state index contributed by atoms with van der Waals surface area (Å²) in [6.07, 6.45) is 0.